The molecule has 138 valence electrons. The summed E-state index contributed by atoms with van der Waals surface area (Å²) in [5.41, 5.74) is 1.50. The number of allylic oxidation sites excluding steroid dienone is 3. The van der Waals surface area contributed by atoms with Crippen LogP contribution in [0.2, 0.25) is 0 Å². The molecule has 2 unspecified atom stereocenters. The summed E-state index contributed by atoms with van der Waals surface area (Å²) in [6.45, 7) is 7.36. The Kier molecular flexibility index (Phi) is 5.39. The highest BCUT2D eigenvalue weighted by molar-refractivity contribution is 5.82. The van der Waals surface area contributed by atoms with Gasteiger partial charge in [0.15, 0.2) is 6.29 Å². The minimum atomic E-state index is -0.398. The molecule has 1 aromatic carbocycles. The van der Waals surface area contributed by atoms with Crippen molar-refractivity contribution in [3.05, 3.63) is 53.6 Å². The van der Waals surface area contributed by atoms with E-state index in [1.807, 2.05) is 19.1 Å². The molecule has 0 radical (unpaired) electrons. The van der Waals surface area contributed by atoms with Crippen LogP contribution in [0.4, 0.5) is 0 Å². The highest BCUT2D eigenvalue weighted by Crippen LogP contribution is 2.32. The van der Waals surface area contributed by atoms with Crippen LogP contribution in [-0.2, 0) is 19.1 Å². The Morgan fingerprint density at radius 2 is 1.85 bits per heavy atom. The van der Waals surface area contributed by atoms with Crippen molar-refractivity contribution in [1.29, 1.82) is 0 Å². The largest absolute Gasteiger partial charge is 0.426 e. The van der Waals surface area contributed by atoms with Crippen LogP contribution in [0.1, 0.15) is 32.6 Å². The topological polar surface area (TPSA) is 61.8 Å². The summed E-state index contributed by atoms with van der Waals surface area (Å²) < 4.78 is 17.0. The third-order valence-electron chi connectivity index (χ3n) is 4.55. The SMILES string of the molecule is CC1C=C(C=O)C=CC1C(=O)Oc1ccc(C2OCC(C)(C)CO2)cc1. The second-order valence-corrected chi connectivity index (χ2v) is 7.64. The van der Waals surface area contributed by atoms with Crippen molar-refractivity contribution in [2.24, 2.45) is 17.3 Å². The van der Waals surface area contributed by atoms with Crippen LogP contribution in [0.5, 0.6) is 5.75 Å². The number of carbonyl (C=O) groups excluding carboxylic acids is 2. The summed E-state index contributed by atoms with van der Waals surface area (Å²) in [5.74, 6) is -0.347. The zero-order valence-corrected chi connectivity index (χ0v) is 15.3. The van der Waals surface area contributed by atoms with E-state index in [2.05, 4.69) is 13.8 Å². The lowest BCUT2D eigenvalue weighted by Crippen LogP contribution is -2.33. The maximum atomic E-state index is 12.4. The number of aldehydes is 1. The molecule has 1 saturated heterocycles. The standard InChI is InChI=1S/C21H24O5/c1-14-10-15(11-22)4-9-18(14)19(23)26-17-7-5-16(6-8-17)20-24-12-21(2,3)13-25-20/h4-11,14,18,20H,12-13H2,1-3H3. The predicted molar refractivity (Wildman–Crippen MR) is 96.4 cm³/mol. The maximum Gasteiger partial charge on any atom is 0.318 e. The number of esters is 1. The van der Waals surface area contributed by atoms with Gasteiger partial charge in [-0.25, -0.2) is 0 Å². The Balaban J connectivity index is 1.59. The molecular weight excluding hydrogens is 332 g/mol. The third kappa shape index (κ3) is 4.29. The summed E-state index contributed by atoms with van der Waals surface area (Å²) in [5, 5.41) is 0. The van der Waals surface area contributed by atoms with E-state index in [0.29, 0.717) is 24.5 Å². The molecule has 26 heavy (non-hydrogen) atoms. The molecule has 5 nitrogen and oxygen atoms in total. The first-order valence-electron chi connectivity index (χ1n) is 8.78. The highest BCUT2D eigenvalue weighted by Gasteiger charge is 2.29. The van der Waals surface area contributed by atoms with Gasteiger partial charge in [0.25, 0.3) is 0 Å². The fourth-order valence-electron chi connectivity index (χ4n) is 2.99. The average molecular weight is 356 g/mol. The Morgan fingerprint density at radius 3 is 2.42 bits per heavy atom. The molecule has 1 heterocycles. The molecule has 0 aromatic heterocycles. The fourth-order valence-corrected chi connectivity index (χ4v) is 2.99. The van der Waals surface area contributed by atoms with Gasteiger partial charge in [-0.3, -0.25) is 9.59 Å². The summed E-state index contributed by atoms with van der Waals surface area (Å²) in [4.78, 5) is 23.2. The van der Waals surface area contributed by atoms with Crippen LogP contribution in [0.15, 0.2) is 48.1 Å². The Bertz CT molecular complexity index is 719. The summed E-state index contributed by atoms with van der Waals surface area (Å²) in [6.07, 6.45) is 5.55. The lowest BCUT2D eigenvalue weighted by molar-refractivity contribution is -0.226. The molecular formula is C21H24O5. The molecule has 5 heteroatoms. The molecule has 2 atom stereocenters. The average Bonchev–Trinajstić information content (AvgIpc) is 2.62. The zero-order chi connectivity index (χ0) is 18.7. The molecule has 1 aromatic rings. The second-order valence-electron chi connectivity index (χ2n) is 7.64. The second kappa shape index (κ2) is 7.56. The lowest BCUT2D eigenvalue weighted by atomic mass is 9.87. The van der Waals surface area contributed by atoms with E-state index in [9.17, 15) is 9.59 Å². The highest BCUT2D eigenvalue weighted by atomic mass is 16.7. The van der Waals surface area contributed by atoms with Gasteiger partial charge in [0, 0.05) is 16.6 Å². The number of benzene rings is 1. The van der Waals surface area contributed by atoms with Gasteiger partial charge >= 0.3 is 5.97 Å². The van der Waals surface area contributed by atoms with Crippen LogP contribution < -0.4 is 4.74 Å². The van der Waals surface area contributed by atoms with E-state index in [1.54, 1.807) is 30.4 Å². The molecule has 1 fully saturated rings. The molecule has 0 bridgehead atoms. The van der Waals surface area contributed by atoms with Gasteiger partial charge in [0.2, 0.25) is 0 Å². The fraction of sp³-hybridized carbons (Fsp3) is 0.429. The van der Waals surface area contributed by atoms with E-state index < -0.39 is 5.92 Å². The number of carbonyl (C=O) groups is 2. The quantitative estimate of drug-likeness (QED) is 0.468. The van der Waals surface area contributed by atoms with Crippen molar-refractivity contribution in [3.63, 3.8) is 0 Å². The van der Waals surface area contributed by atoms with Crippen LogP contribution in [-0.4, -0.2) is 25.5 Å². The van der Waals surface area contributed by atoms with E-state index >= 15 is 0 Å². The molecule has 0 amide bonds. The molecule has 1 aliphatic heterocycles. The summed E-state index contributed by atoms with van der Waals surface area (Å²) in [6, 6.07) is 7.17. The van der Waals surface area contributed by atoms with Gasteiger partial charge in [0.1, 0.15) is 12.0 Å². The predicted octanol–water partition coefficient (Wildman–Crippen LogP) is 3.61. The van der Waals surface area contributed by atoms with Gasteiger partial charge in [-0.15, -0.1) is 0 Å². The molecule has 0 saturated carbocycles. The minimum Gasteiger partial charge on any atom is -0.426 e. The van der Waals surface area contributed by atoms with Gasteiger partial charge in [0.05, 0.1) is 19.1 Å². The zero-order valence-electron chi connectivity index (χ0n) is 15.3. The molecule has 0 spiro atoms. The third-order valence-corrected chi connectivity index (χ3v) is 4.55. The lowest BCUT2D eigenvalue weighted by Gasteiger charge is -2.34. The summed E-state index contributed by atoms with van der Waals surface area (Å²) >= 11 is 0. The van der Waals surface area contributed by atoms with Crippen molar-refractivity contribution in [2.75, 3.05) is 13.2 Å². The first kappa shape index (κ1) is 18.5. The van der Waals surface area contributed by atoms with Crippen molar-refractivity contribution < 1.29 is 23.8 Å². The van der Waals surface area contributed by atoms with E-state index in [1.165, 1.54) is 0 Å². The molecule has 3 rings (SSSR count). The van der Waals surface area contributed by atoms with Crippen molar-refractivity contribution in [2.45, 2.75) is 27.1 Å². The Morgan fingerprint density at radius 1 is 1.19 bits per heavy atom. The normalized spacial score (nSPS) is 25.4. The van der Waals surface area contributed by atoms with Gasteiger partial charge in [-0.05, 0) is 18.1 Å². The maximum absolute atomic E-state index is 12.4. The van der Waals surface area contributed by atoms with Crippen LogP contribution in [0.3, 0.4) is 0 Å². The van der Waals surface area contributed by atoms with E-state index in [0.717, 1.165) is 11.8 Å². The molecule has 2 aliphatic rings. The summed E-state index contributed by atoms with van der Waals surface area (Å²) in [7, 11) is 0. The van der Waals surface area contributed by atoms with Crippen molar-refractivity contribution >= 4 is 12.3 Å². The molecule has 0 N–H and O–H groups in total. The van der Waals surface area contributed by atoms with Crippen LogP contribution >= 0.6 is 0 Å². The number of rotatable bonds is 4. The van der Waals surface area contributed by atoms with E-state index in [4.69, 9.17) is 14.2 Å². The van der Waals surface area contributed by atoms with E-state index in [-0.39, 0.29) is 23.6 Å². The number of hydrogen-bond donors (Lipinski definition) is 0. The first-order chi connectivity index (χ1) is 12.4. The van der Waals surface area contributed by atoms with Crippen molar-refractivity contribution in [1.82, 2.24) is 0 Å². The number of ether oxygens (including phenoxy) is 3. The van der Waals surface area contributed by atoms with Gasteiger partial charge < -0.3 is 14.2 Å². The molecule has 1 aliphatic carbocycles. The van der Waals surface area contributed by atoms with Crippen LogP contribution in [0.25, 0.3) is 0 Å². The number of hydrogen-bond acceptors (Lipinski definition) is 5. The monoisotopic (exact) mass is 356 g/mol. The minimum absolute atomic E-state index is 0.0222. The smallest absolute Gasteiger partial charge is 0.318 e. The van der Waals surface area contributed by atoms with Gasteiger partial charge in [-0.2, -0.15) is 0 Å². The Hall–Kier alpha value is -2.24. The van der Waals surface area contributed by atoms with Crippen molar-refractivity contribution in [3.8, 4) is 5.75 Å². The Labute approximate surface area is 153 Å². The first-order valence-corrected chi connectivity index (χ1v) is 8.78. The van der Waals surface area contributed by atoms with Crippen LogP contribution in [0, 0.1) is 17.3 Å². The van der Waals surface area contributed by atoms with Gasteiger partial charge in [-0.1, -0.05) is 51.1 Å².